The van der Waals surface area contributed by atoms with E-state index in [1.54, 1.807) is 6.92 Å². The van der Waals surface area contributed by atoms with Gasteiger partial charge in [0.25, 0.3) is 0 Å². The monoisotopic (exact) mass is 154 g/mol. The Morgan fingerprint density at radius 1 is 1.27 bits per heavy atom. The van der Waals surface area contributed by atoms with E-state index >= 15 is 0 Å². The highest BCUT2D eigenvalue weighted by Crippen LogP contribution is 2.03. The first-order valence-electron chi connectivity index (χ1n) is 4.02. The summed E-state index contributed by atoms with van der Waals surface area (Å²) < 4.78 is 0. The van der Waals surface area contributed by atoms with Gasteiger partial charge >= 0.3 is 0 Å². The third-order valence-electron chi connectivity index (χ3n) is 1.62. The second kappa shape index (κ2) is 5.14. The van der Waals surface area contributed by atoms with Crippen LogP contribution in [0.5, 0.6) is 0 Å². The Hall–Kier alpha value is -0.560. The van der Waals surface area contributed by atoms with Crippen LogP contribution in [-0.2, 0) is 0 Å². The topological polar surface area (TPSA) is 20.2 Å². The summed E-state index contributed by atoms with van der Waals surface area (Å²) in [6.45, 7) is 7.88. The van der Waals surface area contributed by atoms with Gasteiger partial charge in [0.05, 0.1) is 6.10 Å². The molecule has 0 unspecified atom stereocenters. The maximum absolute atomic E-state index is 9.10. The highest BCUT2D eigenvalue weighted by atomic mass is 16.3. The van der Waals surface area contributed by atoms with Crippen LogP contribution >= 0.6 is 0 Å². The minimum atomic E-state index is -0.305. The van der Waals surface area contributed by atoms with Gasteiger partial charge in [-0.3, -0.25) is 0 Å². The molecular weight excluding hydrogens is 136 g/mol. The van der Waals surface area contributed by atoms with Crippen molar-refractivity contribution in [1.82, 2.24) is 0 Å². The standard InChI is InChI=1S/C10H18O/c1-8(2)6-5-7-9(3)10(4)11/h6-7,10-11H,5H2,1-4H3/t10-/m1/s1. The van der Waals surface area contributed by atoms with Crippen molar-refractivity contribution in [3.8, 4) is 0 Å². The fourth-order valence-corrected chi connectivity index (χ4v) is 0.651. The number of allylic oxidation sites excluding steroid dienone is 3. The van der Waals surface area contributed by atoms with Crippen molar-refractivity contribution in [2.45, 2.75) is 40.2 Å². The second-order valence-corrected chi connectivity index (χ2v) is 3.14. The lowest BCUT2D eigenvalue weighted by Gasteiger charge is -2.02. The molecule has 1 nitrogen and oxygen atoms in total. The molecule has 11 heavy (non-hydrogen) atoms. The fourth-order valence-electron chi connectivity index (χ4n) is 0.651. The van der Waals surface area contributed by atoms with Crippen molar-refractivity contribution in [2.75, 3.05) is 0 Å². The highest BCUT2D eigenvalue weighted by molar-refractivity contribution is 5.07. The smallest absolute Gasteiger partial charge is 0.0719 e. The lowest BCUT2D eigenvalue weighted by molar-refractivity contribution is 0.231. The van der Waals surface area contributed by atoms with Gasteiger partial charge in [0.2, 0.25) is 0 Å². The maximum atomic E-state index is 9.10. The van der Waals surface area contributed by atoms with Crippen molar-refractivity contribution in [3.05, 3.63) is 23.3 Å². The van der Waals surface area contributed by atoms with Gasteiger partial charge in [-0.25, -0.2) is 0 Å². The molecule has 0 aliphatic heterocycles. The second-order valence-electron chi connectivity index (χ2n) is 3.14. The largest absolute Gasteiger partial charge is 0.389 e. The Kier molecular flexibility index (Phi) is 4.88. The Balaban J connectivity index is 3.84. The summed E-state index contributed by atoms with van der Waals surface area (Å²) in [4.78, 5) is 0. The molecule has 1 N–H and O–H groups in total. The highest BCUT2D eigenvalue weighted by Gasteiger charge is 1.94. The van der Waals surface area contributed by atoms with E-state index in [1.807, 2.05) is 6.92 Å². The van der Waals surface area contributed by atoms with Gasteiger partial charge in [0.15, 0.2) is 0 Å². The van der Waals surface area contributed by atoms with E-state index < -0.39 is 0 Å². The molecular formula is C10H18O. The Morgan fingerprint density at radius 3 is 2.18 bits per heavy atom. The van der Waals surface area contributed by atoms with Crippen LogP contribution in [0.1, 0.15) is 34.1 Å². The molecule has 0 bridgehead atoms. The molecule has 0 saturated carbocycles. The minimum Gasteiger partial charge on any atom is -0.389 e. The van der Waals surface area contributed by atoms with Crippen LogP contribution < -0.4 is 0 Å². The summed E-state index contributed by atoms with van der Waals surface area (Å²) in [6.07, 6.45) is 4.82. The lowest BCUT2D eigenvalue weighted by atomic mass is 10.1. The van der Waals surface area contributed by atoms with Crippen LogP contribution in [-0.4, -0.2) is 11.2 Å². The molecule has 1 atom stereocenters. The van der Waals surface area contributed by atoms with Crippen LogP contribution in [0.2, 0.25) is 0 Å². The lowest BCUT2D eigenvalue weighted by Crippen LogP contribution is -2.00. The van der Waals surface area contributed by atoms with Crippen LogP contribution in [0.4, 0.5) is 0 Å². The number of hydrogen-bond acceptors (Lipinski definition) is 1. The molecule has 0 aromatic rings. The Bertz CT molecular complexity index is 160. The molecule has 0 fully saturated rings. The van der Waals surface area contributed by atoms with Crippen LogP contribution in [0.15, 0.2) is 23.3 Å². The molecule has 0 saturated heterocycles. The van der Waals surface area contributed by atoms with Crippen molar-refractivity contribution < 1.29 is 5.11 Å². The van der Waals surface area contributed by atoms with E-state index in [4.69, 9.17) is 5.11 Å². The number of hydrogen-bond donors (Lipinski definition) is 1. The summed E-state index contributed by atoms with van der Waals surface area (Å²) in [5, 5.41) is 9.10. The summed E-state index contributed by atoms with van der Waals surface area (Å²) in [5.41, 5.74) is 2.36. The van der Waals surface area contributed by atoms with Gasteiger partial charge in [-0.15, -0.1) is 0 Å². The molecule has 0 spiro atoms. The first kappa shape index (κ1) is 10.4. The van der Waals surface area contributed by atoms with Crippen molar-refractivity contribution in [2.24, 2.45) is 0 Å². The van der Waals surface area contributed by atoms with Crippen LogP contribution in [0.25, 0.3) is 0 Å². The molecule has 0 aliphatic rings. The molecule has 0 rings (SSSR count). The molecule has 0 aromatic heterocycles. The Labute approximate surface area is 69.4 Å². The molecule has 0 heterocycles. The quantitative estimate of drug-likeness (QED) is 0.620. The van der Waals surface area contributed by atoms with Gasteiger partial charge in [-0.1, -0.05) is 17.7 Å². The van der Waals surface area contributed by atoms with Crippen molar-refractivity contribution in [1.29, 1.82) is 0 Å². The van der Waals surface area contributed by atoms with Gasteiger partial charge in [-0.2, -0.15) is 0 Å². The zero-order valence-electron chi connectivity index (χ0n) is 7.89. The van der Waals surface area contributed by atoms with Gasteiger partial charge in [0.1, 0.15) is 0 Å². The molecule has 1 heteroatoms. The summed E-state index contributed by atoms with van der Waals surface area (Å²) in [7, 11) is 0. The third-order valence-corrected chi connectivity index (χ3v) is 1.62. The van der Waals surface area contributed by atoms with Crippen LogP contribution in [0.3, 0.4) is 0 Å². The number of aliphatic hydroxyl groups is 1. The third kappa shape index (κ3) is 5.86. The van der Waals surface area contributed by atoms with E-state index in [-0.39, 0.29) is 6.10 Å². The van der Waals surface area contributed by atoms with Crippen molar-refractivity contribution >= 4 is 0 Å². The summed E-state index contributed by atoms with van der Waals surface area (Å²) in [6, 6.07) is 0. The SMILES string of the molecule is CC(C)=CCC=C(C)[C@@H](C)O. The summed E-state index contributed by atoms with van der Waals surface area (Å²) >= 11 is 0. The maximum Gasteiger partial charge on any atom is 0.0719 e. The predicted molar refractivity (Wildman–Crippen MR) is 49.5 cm³/mol. The molecule has 64 valence electrons. The first-order chi connectivity index (χ1) is 5.04. The zero-order valence-corrected chi connectivity index (χ0v) is 7.89. The normalized spacial score (nSPS) is 14.5. The first-order valence-corrected chi connectivity index (χ1v) is 4.02. The van der Waals surface area contributed by atoms with E-state index in [2.05, 4.69) is 26.0 Å². The van der Waals surface area contributed by atoms with E-state index in [9.17, 15) is 0 Å². The summed E-state index contributed by atoms with van der Waals surface area (Å²) in [5.74, 6) is 0. The zero-order chi connectivity index (χ0) is 8.85. The van der Waals surface area contributed by atoms with E-state index in [1.165, 1.54) is 5.57 Å². The average Bonchev–Trinajstić information content (AvgIpc) is 1.86. The minimum absolute atomic E-state index is 0.305. The fraction of sp³-hybridized carbons (Fsp3) is 0.600. The molecule has 0 radical (unpaired) electrons. The predicted octanol–water partition coefficient (Wildman–Crippen LogP) is 2.67. The van der Waals surface area contributed by atoms with E-state index in [0.29, 0.717) is 0 Å². The Morgan fingerprint density at radius 2 is 1.82 bits per heavy atom. The molecule has 0 aromatic carbocycles. The van der Waals surface area contributed by atoms with E-state index in [0.717, 1.165) is 12.0 Å². The molecule has 0 aliphatic carbocycles. The van der Waals surface area contributed by atoms with Crippen molar-refractivity contribution in [3.63, 3.8) is 0 Å². The van der Waals surface area contributed by atoms with Gasteiger partial charge < -0.3 is 5.11 Å². The van der Waals surface area contributed by atoms with Gasteiger partial charge in [-0.05, 0) is 39.7 Å². The number of rotatable bonds is 3. The number of aliphatic hydroxyl groups excluding tert-OH is 1. The molecule has 0 amide bonds. The average molecular weight is 154 g/mol. The van der Waals surface area contributed by atoms with Gasteiger partial charge in [0, 0.05) is 0 Å². The van der Waals surface area contributed by atoms with Crippen LogP contribution in [0, 0.1) is 0 Å².